The molecule has 2 aliphatic heterocycles. The van der Waals surface area contributed by atoms with E-state index < -0.39 is 15.6 Å². The summed E-state index contributed by atoms with van der Waals surface area (Å²) in [6, 6.07) is 1.94. The Morgan fingerprint density at radius 2 is 2.14 bits per heavy atom. The van der Waals surface area contributed by atoms with Crippen LogP contribution in [0.4, 0.5) is 0 Å². The molecular weight excluding hydrogens is 308 g/mol. The predicted molar refractivity (Wildman–Crippen MR) is 79.9 cm³/mol. The first-order chi connectivity index (χ1) is 10.5. The average Bonchev–Trinajstić information content (AvgIpc) is 2.86. The molecule has 1 aromatic rings. The molecule has 0 N–H and O–H groups in total. The summed E-state index contributed by atoms with van der Waals surface area (Å²) in [5, 5.41) is 0. The van der Waals surface area contributed by atoms with Gasteiger partial charge in [-0.15, -0.1) is 0 Å². The summed E-state index contributed by atoms with van der Waals surface area (Å²) in [7, 11) is -3.25. The molecule has 124 valence electrons. The van der Waals surface area contributed by atoms with Gasteiger partial charge in [-0.2, -0.15) is 4.31 Å². The van der Waals surface area contributed by atoms with E-state index in [0.29, 0.717) is 39.5 Å². The third-order valence-corrected chi connectivity index (χ3v) is 5.35. The van der Waals surface area contributed by atoms with Crippen LogP contribution >= 0.6 is 0 Å². The van der Waals surface area contributed by atoms with Crippen molar-refractivity contribution in [2.45, 2.75) is 12.1 Å². The average molecular weight is 330 g/mol. The molecule has 0 bridgehead atoms. The number of rotatable bonds is 3. The highest BCUT2D eigenvalue weighted by Crippen LogP contribution is 2.24. The topological polar surface area (TPSA) is 72.2 Å². The lowest BCUT2D eigenvalue weighted by Gasteiger charge is -2.42. The van der Waals surface area contributed by atoms with E-state index >= 15 is 0 Å². The van der Waals surface area contributed by atoms with E-state index in [-0.39, 0.29) is 0 Å². The van der Waals surface area contributed by atoms with Crippen LogP contribution in [0.25, 0.3) is 0 Å². The van der Waals surface area contributed by atoms with Gasteiger partial charge < -0.3 is 13.9 Å². The van der Waals surface area contributed by atoms with Gasteiger partial charge in [0.05, 0.1) is 38.6 Å². The van der Waals surface area contributed by atoms with Crippen LogP contribution in [-0.2, 0) is 26.0 Å². The van der Waals surface area contributed by atoms with Gasteiger partial charge in [0.1, 0.15) is 5.60 Å². The minimum Gasteiger partial charge on any atom is -0.472 e. The molecule has 8 heteroatoms. The maximum Gasteiger partial charge on any atom is 0.211 e. The highest BCUT2D eigenvalue weighted by Gasteiger charge is 2.42. The number of morpholine rings is 1. The quantitative estimate of drug-likeness (QED) is 0.785. The predicted octanol–water partition coefficient (Wildman–Crippen LogP) is 0.142. The summed E-state index contributed by atoms with van der Waals surface area (Å²) in [4.78, 5) is 2.25. The number of hydrogen-bond donors (Lipinski definition) is 0. The van der Waals surface area contributed by atoms with Crippen LogP contribution in [0.3, 0.4) is 0 Å². The van der Waals surface area contributed by atoms with Crippen molar-refractivity contribution in [2.24, 2.45) is 0 Å². The molecule has 2 saturated heterocycles. The molecule has 0 unspecified atom stereocenters. The minimum atomic E-state index is -3.25. The standard InChI is InChI=1S/C14H22N2O5S/c1-22(17,18)16-4-6-20-12-14(11-16)10-15(3-7-21-14)8-13-2-5-19-9-13/h2,5,9H,3-4,6-8,10-12H2,1H3/t14-/m0/s1. The Kier molecular flexibility index (Phi) is 4.56. The van der Waals surface area contributed by atoms with Crippen LogP contribution in [0.5, 0.6) is 0 Å². The SMILES string of the molecule is CS(=O)(=O)N1CCOC[C@]2(CN(Cc3ccoc3)CCO2)C1. The normalized spacial score (nSPS) is 28.8. The molecule has 1 spiro atoms. The van der Waals surface area contributed by atoms with Gasteiger partial charge in [-0.25, -0.2) is 8.42 Å². The van der Waals surface area contributed by atoms with E-state index in [9.17, 15) is 8.42 Å². The lowest BCUT2D eigenvalue weighted by atomic mass is 10.0. The first kappa shape index (κ1) is 15.9. The van der Waals surface area contributed by atoms with Gasteiger partial charge in [0.15, 0.2) is 0 Å². The van der Waals surface area contributed by atoms with Crippen molar-refractivity contribution >= 4 is 10.0 Å². The first-order valence-electron chi connectivity index (χ1n) is 7.37. The second kappa shape index (κ2) is 6.29. The highest BCUT2D eigenvalue weighted by molar-refractivity contribution is 7.88. The molecule has 2 fully saturated rings. The molecule has 2 aliphatic rings. The zero-order valence-corrected chi connectivity index (χ0v) is 13.5. The summed E-state index contributed by atoms with van der Waals surface area (Å²) >= 11 is 0. The van der Waals surface area contributed by atoms with E-state index in [0.717, 1.165) is 18.7 Å². The summed E-state index contributed by atoms with van der Waals surface area (Å²) in [6.07, 6.45) is 4.62. The van der Waals surface area contributed by atoms with Crippen LogP contribution < -0.4 is 0 Å². The van der Waals surface area contributed by atoms with Gasteiger partial charge in [0.25, 0.3) is 0 Å². The first-order valence-corrected chi connectivity index (χ1v) is 9.22. The number of ether oxygens (including phenoxy) is 2. The van der Waals surface area contributed by atoms with Gasteiger partial charge in [-0.05, 0) is 6.07 Å². The molecule has 1 atom stereocenters. The third-order valence-electron chi connectivity index (χ3n) is 4.10. The van der Waals surface area contributed by atoms with Crippen molar-refractivity contribution in [3.63, 3.8) is 0 Å². The summed E-state index contributed by atoms with van der Waals surface area (Å²) in [5.74, 6) is 0. The Balaban J connectivity index is 1.72. The molecule has 0 saturated carbocycles. The van der Waals surface area contributed by atoms with Crippen LogP contribution in [0, 0.1) is 0 Å². The van der Waals surface area contributed by atoms with E-state index in [1.807, 2.05) is 6.07 Å². The van der Waals surface area contributed by atoms with Crippen LogP contribution in [0.1, 0.15) is 5.56 Å². The maximum atomic E-state index is 11.9. The summed E-state index contributed by atoms with van der Waals surface area (Å²) in [5.41, 5.74) is 0.508. The Morgan fingerprint density at radius 3 is 2.86 bits per heavy atom. The van der Waals surface area contributed by atoms with Crippen LogP contribution in [0.15, 0.2) is 23.0 Å². The van der Waals surface area contributed by atoms with Crippen LogP contribution in [0.2, 0.25) is 0 Å². The van der Waals surface area contributed by atoms with Gasteiger partial charge in [0, 0.05) is 38.3 Å². The van der Waals surface area contributed by atoms with Crippen molar-refractivity contribution in [1.29, 1.82) is 0 Å². The molecule has 22 heavy (non-hydrogen) atoms. The smallest absolute Gasteiger partial charge is 0.211 e. The fraction of sp³-hybridized carbons (Fsp3) is 0.714. The summed E-state index contributed by atoms with van der Waals surface area (Å²) < 4.78 is 41.9. The fourth-order valence-electron chi connectivity index (χ4n) is 3.04. The molecule has 1 aromatic heterocycles. The Labute approximate surface area is 130 Å². The zero-order valence-electron chi connectivity index (χ0n) is 12.7. The van der Waals surface area contributed by atoms with Gasteiger partial charge in [-0.1, -0.05) is 0 Å². The number of hydrogen-bond acceptors (Lipinski definition) is 6. The van der Waals surface area contributed by atoms with Gasteiger partial charge in [-0.3, -0.25) is 4.90 Å². The lowest BCUT2D eigenvalue weighted by molar-refractivity contribution is -0.139. The minimum absolute atomic E-state index is 0.341. The number of sulfonamides is 1. The van der Waals surface area contributed by atoms with Crippen LogP contribution in [-0.4, -0.2) is 75.5 Å². The van der Waals surface area contributed by atoms with Crippen molar-refractivity contribution in [1.82, 2.24) is 9.21 Å². The second-order valence-corrected chi connectivity index (χ2v) is 8.01. The van der Waals surface area contributed by atoms with Crippen molar-refractivity contribution in [3.05, 3.63) is 24.2 Å². The van der Waals surface area contributed by atoms with E-state index in [1.165, 1.54) is 10.6 Å². The molecule has 0 radical (unpaired) electrons. The highest BCUT2D eigenvalue weighted by atomic mass is 32.2. The van der Waals surface area contributed by atoms with Gasteiger partial charge >= 0.3 is 0 Å². The van der Waals surface area contributed by atoms with Crippen molar-refractivity contribution < 1.29 is 22.3 Å². The van der Waals surface area contributed by atoms with E-state index in [4.69, 9.17) is 13.9 Å². The Bertz CT molecular complexity index is 588. The molecule has 3 rings (SSSR count). The number of furan rings is 1. The molecule has 0 amide bonds. The maximum absolute atomic E-state index is 11.9. The zero-order chi connectivity index (χ0) is 15.6. The molecule has 3 heterocycles. The van der Waals surface area contributed by atoms with E-state index in [1.54, 1.807) is 12.5 Å². The lowest BCUT2D eigenvalue weighted by Crippen LogP contribution is -2.58. The molecular formula is C14H22N2O5S. The van der Waals surface area contributed by atoms with Crippen molar-refractivity contribution in [3.8, 4) is 0 Å². The second-order valence-electron chi connectivity index (χ2n) is 6.02. The molecule has 0 aliphatic carbocycles. The third kappa shape index (κ3) is 3.69. The fourth-order valence-corrected chi connectivity index (χ4v) is 3.91. The largest absolute Gasteiger partial charge is 0.472 e. The van der Waals surface area contributed by atoms with Gasteiger partial charge in [0.2, 0.25) is 10.0 Å². The summed E-state index contributed by atoms with van der Waals surface area (Å²) in [6.45, 7) is 4.33. The Morgan fingerprint density at radius 1 is 1.27 bits per heavy atom. The molecule has 7 nitrogen and oxygen atoms in total. The molecule has 0 aromatic carbocycles. The van der Waals surface area contributed by atoms with Crippen molar-refractivity contribution in [2.75, 3.05) is 52.3 Å². The van der Waals surface area contributed by atoms with E-state index in [2.05, 4.69) is 4.90 Å². The monoisotopic (exact) mass is 330 g/mol. The number of nitrogens with zero attached hydrogens (tertiary/aromatic N) is 2. The Hall–Kier alpha value is -0.930.